The SMILES string of the molecule is CCc1cc(-c2nnc(SCC(=O)Nc3cc(C)ccc3C)n2CC)cs1. The number of amides is 1. The number of carbonyl (C=O) groups excluding carboxylic acids is 1. The van der Waals surface area contributed by atoms with Gasteiger partial charge >= 0.3 is 0 Å². The maximum atomic E-state index is 12.4. The van der Waals surface area contributed by atoms with Gasteiger partial charge in [0.2, 0.25) is 5.91 Å². The standard InChI is InChI=1S/C20H24N4OS2/c1-5-16-10-15(11-26-16)19-22-23-20(24(19)6-2)27-12-18(25)21-17-9-13(3)7-8-14(17)4/h7-11H,5-6,12H2,1-4H3,(H,21,25). The molecule has 0 spiro atoms. The zero-order chi connectivity index (χ0) is 19.4. The van der Waals surface area contributed by atoms with Gasteiger partial charge in [0, 0.05) is 28.1 Å². The molecular weight excluding hydrogens is 376 g/mol. The highest BCUT2D eigenvalue weighted by Gasteiger charge is 2.16. The van der Waals surface area contributed by atoms with Crippen LogP contribution in [0.1, 0.15) is 29.9 Å². The van der Waals surface area contributed by atoms with Gasteiger partial charge in [0.1, 0.15) is 0 Å². The molecule has 0 bridgehead atoms. The van der Waals surface area contributed by atoms with E-state index in [1.807, 2.05) is 32.0 Å². The Morgan fingerprint density at radius 1 is 1.22 bits per heavy atom. The van der Waals surface area contributed by atoms with Crippen LogP contribution in [0.4, 0.5) is 5.69 Å². The minimum absolute atomic E-state index is 0.0373. The van der Waals surface area contributed by atoms with E-state index in [-0.39, 0.29) is 5.91 Å². The molecule has 0 aliphatic carbocycles. The molecule has 0 fully saturated rings. The van der Waals surface area contributed by atoms with E-state index in [9.17, 15) is 4.79 Å². The van der Waals surface area contributed by atoms with Crippen LogP contribution in [0.2, 0.25) is 0 Å². The molecule has 1 aromatic carbocycles. The molecule has 5 nitrogen and oxygen atoms in total. The molecule has 1 N–H and O–H groups in total. The predicted molar refractivity (Wildman–Crippen MR) is 114 cm³/mol. The Hall–Kier alpha value is -2.12. The highest BCUT2D eigenvalue weighted by molar-refractivity contribution is 7.99. The van der Waals surface area contributed by atoms with Crippen molar-refractivity contribution in [2.75, 3.05) is 11.1 Å². The van der Waals surface area contributed by atoms with Gasteiger partial charge in [-0.3, -0.25) is 4.79 Å². The second kappa shape index (κ2) is 8.71. The summed E-state index contributed by atoms with van der Waals surface area (Å²) in [6.07, 6.45) is 1.02. The molecule has 0 atom stereocenters. The summed E-state index contributed by atoms with van der Waals surface area (Å²) in [5, 5.41) is 14.6. The second-order valence-electron chi connectivity index (χ2n) is 6.36. The first-order valence-corrected chi connectivity index (χ1v) is 10.9. The Kier molecular flexibility index (Phi) is 6.34. The van der Waals surface area contributed by atoms with Crippen LogP contribution in [-0.2, 0) is 17.8 Å². The molecule has 2 heterocycles. The van der Waals surface area contributed by atoms with Crippen LogP contribution in [0.25, 0.3) is 11.4 Å². The molecule has 3 aromatic rings. The number of hydrogen-bond donors (Lipinski definition) is 1. The molecule has 0 unspecified atom stereocenters. The first-order valence-electron chi connectivity index (χ1n) is 9.02. The molecule has 0 saturated carbocycles. The molecule has 142 valence electrons. The predicted octanol–water partition coefficient (Wildman–Crippen LogP) is 4.94. The smallest absolute Gasteiger partial charge is 0.234 e. The largest absolute Gasteiger partial charge is 0.325 e. The fourth-order valence-corrected chi connectivity index (χ4v) is 4.38. The number of thioether (sulfide) groups is 1. The van der Waals surface area contributed by atoms with Crippen molar-refractivity contribution in [1.29, 1.82) is 0 Å². The molecule has 3 rings (SSSR count). The fraction of sp³-hybridized carbons (Fsp3) is 0.350. The lowest BCUT2D eigenvalue weighted by Gasteiger charge is -2.09. The second-order valence-corrected chi connectivity index (χ2v) is 8.30. The highest BCUT2D eigenvalue weighted by Crippen LogP contribution is 2.28. The van der Waals surface area contributed by atoms with E-state index in [0.29, 0.717) is 5.75 Å². The van der Waals surface area contributed by atoms with Gasteiger partial charge in [0.15, 0.2) is 11.0 Å². The number of hydrogen-bond acceptors (Lipinski definition) is 5. The van der Waals surface area contributed by atoms with Gasteiger partial charge in [-0.25, -0.2) is 0 Å². The van der Waals surface area contributed by atoms with Crippen LogP contribution >= 0.6 is 23.1 Å². The summed E-state index contributed by atoms with van der Waals surface area (Å²) in [6.45, 7) is 8.99. The lowest BCUT2D eigenvalue weighted by atomic mass is 10.1. The molecule has 2 aromatic heterocycles. The third-order valence-electron chi connectivity index (χ3n) is 4.29. The molecular formula is C20H24N4OS2. The Morgan fingerprint density at radius 2 is 2.04 bits per heavy atom. The monoisotopic (exact) mass is 400 g/mol. The Balaban J connectivity index is 1.69. The van der Waals surface area contributed by atoms with Gasteiger partial charge in [-0.1, -0.05) is 30.8 Å². The number of aryl methyl sites for hydroxylation is 3. The van der Waals surface area contributed by atoms with E-state index in [1.54, 1.807) is 11.3 Å². The summed E-state index contributed by atoms with van der Waals surface area (Å²) in [5.41, 5.74) is 4.14. The summed E-state index contributed by atoms with van der Waals surface area (Å²) < 4.78 is 2.07. The van der Waals surface area contributed by atoms with Crippen molar-refractivity contribution in [3.63, 3.8) is 0 Å². The maximum Gasteiger partial charge on any atom is 0.234 e. The number of aromatic nitrogens is 3. The molecule has 0 aliphatic rings. The van der Waals surface area contributed by atoms with E-state index in [2.05, 4.69) is 45.4 Å². The summed E-state index contributed by atoms with van der Waals surface area (Å²) in [7, 11) is 0. The van der Waals surface area contributed by atoms with Crippen LogP contribution in [0.5, 0.6) is 0 Å². The molecule has 0 aliphatic heterocycles. The zero-order valence-corrected chi connectivity index (χ0v) is 17.7. The van der Waals surface area contributed by atoms with Crippen molar-refractivity contribution in [2.45, 2.75) is 45.8 Å². The van der Waals surface area contributed by atoms with E-state index >= 15 is 0 Å². The first kappa shape index (κ1) is 19.6. The maximum absolute atomic E-state index is 12.4. The lowest BCUT2D eigenvalue weighted by molar-refractivity contribution is -0.113. The number of nitrogens with zero attached hydrogens (tertiary/aromatic N) is 3. The first-order chi connectivity index (χ1) is 13.0. The van der Waals surface area contributed by atoms with Gasteiger partial charge in [-0.05, 0) is 50.5 Å². The molecule has 27 heavy (non-hydrogen) atoms. The quantitative estimate of drug-likeness (QED) is 0.571. The number of benzene rings is 1. The van der Waals surface area contributed by atoms with Gasteiger partial charge in [0.25, 0.3) is 0 Å². The van der Waals surface area contributed by atoms with Crippen molar-refractivity contribution in [2.24, 2.45) is 0 Å². The fourth-order valence-electron chi connectivity index (χ4n) is 2.76. The van der Waals surface area contributed by atoms with E-state index in [1.165, 1.54) is 16.6 Å². The average Bonchev–Trinajstić information content (AvgIpc) is 3.28. The van der Waals surface area contributed by atoms with Crippen LogP contribution in [0.3, 0.4) is 0 Å². The third kappa shape index (κ3) is 4.59. The Bertz CT molecular complexity index is 945. The van der Waals surface area contributed by atoms with Gasteiger partial charge in [-0.2, -0.15) is 0 Å². The normalized spacial score (nSPS) is 11.0. The van der Waals surface area contributed by atoms with E-state index in [0.717, 1.165) is 46.3 Å². The molecule has 7 heteroatoms. The van der Waals surface area contributed by atoms with Crippen LogP contribution in [0, 0.1) is 13.8 Å². The number of carbonyl (C=O) groups is 1. The number of thiophene rings is 1. The minimum Gasteiger partial charge on any atom is -0.325 e. The Labute approximate surface area is 168 Å². The average molecular weight is 401 g/mol. The summed E-state index contributed by atoms with van der Waals surface area (Å²) in [6, 6.07) is 8.22. The topological polar surface area (TPSA) is 59.8 Å². The molecule has 0 radical (unpaired) electrons. The van der Waals surface area contributed by atoms with E-state index < -0.39 is 0 Å². The number of anilines is 1. The van der Waals surface area contributed by atoms with Gasteiger partial charge in [0.05, 0.1) is 5.75 Å². The lowest BCUT2D eigenvalue weighted by Crippen LogP contribution is -2.15. The van der Waals surface area contributed by atoms with Crippen LogP contribution in [-0.4, -0.2) is 26.4 Å². The molecule has 0 saturated heterocycles. The third-order valence-corrected chi connectivity index (χ3v) is 6.34. The van der Waals surface area contributed by atoms with Crippen molar-refractivity contribution in [3.8, 4) is 11.4 Å². The van der Waals surface area contributed by atoms with Gasteiger partial charge < -0.3 is 9.88 Å². The number of nitrogens with one attached hydrogen (secondary N) is 1. The number of rotatable bonds is 7. The highest BCUT2D eigenvalue weighted by atomic mass is 32.2. The van der Waals surface area contributed by atoms with Crippen LogP contribution < -0.4 is 5.32 Å². The summed E-state index contributed by atoms with van der Waals surface area (Å²) in [5.74, 6) is 1.13. The summed E-state index contributed by atoms with van der Waals surface area (Å²) in [4.78, 5) is 13.7. The molecule has 1 amide bonds. The van der Waals surface area contributed by atoms with Gasteiger partial charge in [-0.15, -0.1) is 21.5 Å². The Morgan fingerprint density at radius 3 is 2.74 bits per heavy atom. The summed E-state index contributed by atoms with van der Waals surface area (Å²) >= 11 is 3.16. The van der Waals surface area contributed by atoms with Crippen molar-refractivity contribution >= 4 is 34.7 Å². The van der Waals surface area contributed by atoms with Crippen molar-refractivity contribution in [3.05, 3.63) is 45.6 Å². The van der Waals surface area contributed by atoms with Crippen LogP contribution in [0.15, 0.2) is 34.8 Å². The minimum atomic E-state index is -0.0373. The van der Waals surface area contributed by atoms with E-state index in [4.69, 9.17) is 0 Å². The van der Waals surface area contributed by atoms with Crippen molar-refractivity contribution < 1.29 is 4.79 Å². The van der Waals surface area contributed by atoms with Crippen molar-refractivity contribution in [1.82, 2.24) is 14.8 Å². The zero-order valence-electron chi connectivity index (χ0n) is 16.1.